The molecule has 2 saturated heterocycles. The van der Waals surface area contributed by atoms with Crippen LogP contribution >= 0.6 is 22.7 Å². The van der Waals surface area contributed by atoms with Crippen LogP contribution in [-0.2, 0) is 31.2 Å². The Morgan fingerprint density at radius 1 is 1.05 bits per heavy atom. The fraction of sp³-hybridized carbons (Fsp3) is 0.448. The number of rotatable bonds is 10. The number of hydrogen-bond acceptors (Lipinski definition) is 8. The van der Waals surface area contributed by atoms with Gasteiger partial charge in [0.25, 0.3) is 0 Å². The number of quaternary nitrogens is 1. The van der Waals surface area contributed by atoms with Crippen LogP contribution in [0.1, 0.15) is 49.3 Å². The van der Waals surface area contributed by atoms with Crippen molar-refractivity contribution in [2.24, 2.45) is 0 Å². The number of nitrogens with zero attached hydrogens (tertiary/aromatic N) is 1. The minimum Gasteiger partial charge on any atom is -1.00 e. The van der Waals surface area contributed by atoms with E-state index in [4.69, 9.17) is 14.2 Å². The maximum Gasteiger partial charge on any atom is 0.348 e. The molecule has 0 unspecified atom stereocenters. The first-order chi connectivity index (χ1) is 18.3. The minimum absolute atomic E-state index is 0. The van der Waals surface area contributed by atoms with Gasteiger partial charge in [0.05, 0.1) is 25.7 Å². The van der Waals surface area contributed by atoms with Gasteiger partial charge in [-0.3, -0.25) is 0 Å². The Morgan fingerprint density at radius 3 is 2.26 bits per heavy atom. The third-order valence-corrected chi connectivity index (χ3v) is 9.47. The second-order valence-electron chi connectivity index (χ2n) is 10.4. The highest BCUT2D eigenvalue weighted by atomic mass is 79.9. The zero-order valence-corrected chi connectivity index (χ0v) is 25.3. The summed E-state index contributed by atoms with van der Waals surface area (Å²) in [5.41, 5.74) is 0.453. The van der Waals surface area contributed by atoms with Crippen LogP contribution in [0.15, 0.2) is 57.9 Å². The van der Waals surface area contributed by atoms with E-state index in [0.717, 1.165) is 42.3 Å². The topological polar surface area (TPSA) is 82.1 Å². The Labute approximate surface area is 247 Å². The molecule has 1 N–H and O–H groups in total. The third-order valence-electron chi connectivity index (χ3n) is 8.10. The molecule has 2 bridgehead atoms. The highest BCUT2D eigenvalue weighted by molar-refractivity contribution is 7.08. The molecule has 4 atom stereocenters. The minimum atomic E-state index is -1.79. The predicted molar refractivity (Wildman–Crippen MR) is 146 cm³/mol. The number of hydrogen-bond donors (Lipinski definition) is 1. The van der Waals surface area contributed by atoms with E-state index < -0.39 is 11.6 Å². The number of thiophene rings is 2. The van der Waals surface area contributed by atoms with E-state index in [9.17, 15) is 14.7 Å². The molecule has 2 aromatic heterocycles. The quantitative estimate of drug-likeness (QED) is 0.271. The largest absolute Gasteiger partial charge is 1.00 e. The number of esters is 2. The molecule has 4 heterocycles. The van der Waals surface area contributed by atoms with Gasteiger partial charge in [0.15, 0.2) is 6.61 Å². The monoisotopic (exact) mass is 635 g/mol. The van der Waals surface area contributed by atoms with Crippen molar-refractivity contribution in [2.75, 3.05) is 20.3 Å². The molecule has 7 nitrogen and oxygen atoms in total. The Balaban J connectivity index is 0.00000353. The van der Waals surface area contributed by atoms with E-state index in [0.29, 0.717) is 35.6 Å². The van der Waals surface area contributed by atoms with E-state index in [2.05, 4.69) is 13.1 Å². The van der Waals surface area contributed by atoms with Crippen molar-refractivity contribution >= 4 is 34.6 Å². The molecule has 2 aliphatic rings. The number of benzene rings is 1. The number of carbonyl (C=O) groups excluding carboxylic acids is 2. The SMILES string of the molecule is CCOC(=O)COc1cccc(C[N@+]2(C)[C@@H]3CC[C@H]2C[C@@H](OC(=O)C(O)(c2ccsc2)c2ccsc2)C3)c1.[Br-]. The highest BCUT2D eigenvalue weighted by Gasteiger charge is 2.53. The van der Waals surface area contributed by atoms with Crippen LogP contribution in [0, 0.1) is 0 Å². The van der Waals surface area contributed by atoms with E-state index in [1.165, 1.54) is 22.7 Å². The van der Waals surface area contributed by atoms with Crippen LogP contribution in [0.25, 0.3) is 0 Å². The van der Waals surface area contributed by atoms with Crippen molar-refractivity contribution in [1.29, 1.82) is 0 Å². The summed E-state index contributed by atoms with van der Waals surface area (Å²) in [5, 5.41) is 18.9. The second-order valence-corrected chi connectivity index (χ2v) is 11.9. The van der Waals surface area contributed by atoms with E-state index >= 15 is 0 Å². The molecular formula is C29H34BrNO6S2. The number of carbonyl (C=O) groups is 2. The number of ether oxygens (including phenoxy) is 3. The van der Waals surface area contributed by atoms with Crippen molar-refractivity contribution in [2.45, 2.75) is 62.9 Å². The Bertz CT molecular complexity index is 1200. The molecule has 1 aromatic carbocycles. The summed E-state index contributed by atoms with van der Waals surface area (Å²) in [5.74, 6) is -0.322. The molecule has 0 spiro atoms. The van der Waals surface area contributed by atoms with E-state index in [-0.39, 0.29) is 35.7 Å². The molecule has 2 fully saturated rings. The summed E-state index contributed by atoms with van der Waals surface area (Å²) >= 11 is 2.89. The summed E-state index contributed by atoms with van der Waals surface area (Å²) in [6.45, 7) is 2.83. The number of halogens is 1. The Morgan fingerprint density at radius 2 is 1.69 bits per heavy atom. The van der Waals surface area contributed by atoms with Gasteiger partial charge in [-0.1, -0.05) is 12.1 Å². The maximum absolute atomic E-state index is 13.5. The van der Waals surface area contributed by atoms with E-state index in [1.807, 2.05) is 39.7 Å². The fourth-order valence-corrected chi connectivity index (χ4v) is 7.50. The first-order valence-electron chi connectivity index (χ1n) is 13.0. The van der Waals surface area contributed by atoms with Gasteiger partial charge in [0.2, 0.25) is 5.60 Å². The predicted octanol–water partition coefficient (Wildman–Crippen LogP) is 1.87. The standard InChI is InChI=1S/C29H34NO6S2.BrH/c1-3-34-27(31)17-35-25-6-4-5-20(13-25)16-30(2)23-7-8-24(30)15-26(14-23)36-28(32)29(33,21-9-11-37-18-21)22-10-12-38-19-22;/h4-6,9-13,18-19,23-24,26,33H,3,7-8,14-17H2,1-2H3;1H/q+1;/p-1/t23-,24+,26+,30-;. The van der Waals surface area contributed by atoms with Crippen molar-refractivity contribution < 1.29 is 50.4 Å². The van der Waals surface area contributed by atoms with Crippen LogP contribution in [0.5, 0.6) is 5.75 Å². The summed E-state index contributed by atoms with van der Waals surface area (Å²) in [6.07, 6.45) is 3.46. The molecule has 0 radical (unpaired) electrons. The first kappa shape index (κ1) is 29.7. The zero-order valence-electron chi connectivity index (χ0n) is 22.1. The zero-order chi connectivity index (χ0) is 26.8. The van der Waals surface area contributed by atoms with Crippen LogP contribution in [-0.4, -0.2) is 60.0 Å². The molecule has 2 aliphatic heterocycles. The van der Waals surface area contributed by atoms with Gasteiger partial charge >= 0.3 is 11.9 Å². The lowest BCUT2D eigenvalue weighted by Gasteiger charge is -2.47. The number of piperidine rings is 1. The van der Waals surface area contributed by atoms with Crippen LogP contribution in [0.2, 0.25) is 0 Å². The van der Waals surface area contributed by atoms with Gasteiger partial charge in [-0.2, -0.15) is 22.7 Å². The first-order valence-corrected chi connectivity index (χ1v) is 14.9. The molecule has 0 saturated carbocycles. The van der Waals surface area contributed by atoms with Crippen molar-refractivity contribution in [3.63, 3.8) is 0 Å². The number of fused-ring (bicyclic) bond motifs is 2. The average Bonchev–Trinajstić information content (AvgIpc) is 3.65. The van der Waals surface area contributed by atoms with Gasteiger partial charge in [0, 0.05) is 42.4 Å². The molecule has 10 heteroatoms. The lowest BCUT2D eigenvalue weighted by molar-refractivity contribution is -0.961. The summed E-state index contributed by atoms with van der Waals surface area (Å²) in [7, 11) is 2.29. The van der Waals surface area contributed by atoms with Crippen LogP contribution in [0.4, 0.5) is 0 Å². The van der Waals surface area contributed by atoms with Crippen molar-refractivity contribution in [3.05, 3.63) is 74.6 Å². The Kier molecular flexibility index (Phi) is 9.54. The second kappa shape index (κ2) is 12.5. The van der Waals surface area contributed by atoms with Gasteiger partial charge in [-0.25, -0.2) is 9.59 Å². The van der Waals surface area contributed by atoms with Crippen molar-refractivity contribution in [1.82, 2.24) is 0 Å². The number of aliphatic hydroxyl groups is 1. The highest BCUT2D eigenvalue weighted by Crippen LogP contribution is 2.44. The smallest absolute Gasteiger partial charge is 0.348 e. The molecule has 5 rings (SSSR count). The van der Waals surface area contributed by atoms with Crippen LogP contribution < -0.4 is 21.7 Å². The molecule has 39 heavy (non-hydrogen) atoms. The van der Waals surface area contributed by atoms with Gasteiger partial charge < -0.3 is 40.8 Å². The molecule has 3 aromatic rings. The van der Waals surface area contributed by atoms with Gasteiger partial charge in [-0.15, -0.1) is 0 Å². The Hall–Kier alpha value is -2.24. The molecule has 210 valence electrons. The van der Waals surface area contributed by atoms with E-state index in [1.54, 1.807) is 19.1 Å². The van der Waals surface area contributed by atoms with Gasteiger partial charge in [-0.05, 0) is 52.7 Å². The molecule has 0 aliphatic carbocycles. The summed E-state index contributed by atoms with van der Waals surface area (Å²) in [4.78, 5) is 25.2. The molecular weight excluding hydrogens is 602 g/mol. The molecule has 0 amide bonds. The lowest BCUT2D eigenvalue weighted by Crippen LogP contribution is -3.00. The third kappa shape index (κ3) is 6.10. The summed E-state index contributed by atoms with van der Waals surface area (Å²) < 4.78 is 17.5. The maximum atomic E-state index is 13.5. The van der Waals surface area contributed by atoms with Gasteiger partial charge in [0.1, 0.15) is 18.4 Å². The lowest BCUT2D eigenvalue weighted by atomic mass is 9.89. The fourth-order valence-electron chi connectivity index (χ4n) is 6.10. The average molecular weight is 637 g/mol. The van der Waals surface area contributed by atoms with Crippen molar-refractivity contribution in [3.8, 4) is 5.75 Å². The normalized spacial score (nSPS) is 24.0. The van der Waals surface area contributed by atoms with Crippen LogP contribution in [0.3, 0.4) is 0 Å². The summed E-state index contributed by atoms with van der Waals surface area (Å²) in [6, 6.07) is 12.2.